The monoisotopic (exact) mass is 359 g/mol. The normalized spacial score (nSPS) is 11.3. The highest BCUT2D eigenvalue weighted by Gasteiger charge is 2.15. The summed E-state index contributed by atoms with van der Waals surface area (Å²) < 4.78 is 1.62. The zero-order valence-corrected chi connectivity index (χ0v) is 15.1. The highest BCUT2D eigenvalue weighted by molar-refractivity contribution is 7.99. The van der Waals surface area contributed by atoms with E-state index in [1.54, 1.807) is 28.5 Å². The Hall–Kier alpha value is -1.82. The second kappa shape index (κ2) is 7.38. The van der Waals surface area contributed by atoms with Gasteiger partial charge in [-0.1, -0.05) is 47.6 Å². The van der Waals surface area contributed by atoms with E-state index in [-0.39, 0.29) is 5.56 Å². The number of para-hydroxylation sites is 2. The highest BCUT2D eigenvalue weighted by atomic mass is 35.5. The maximum absolute atomic E-state index is 13.0. The third-order valence-electron chi connectivity index (χ3n) is 3.61. The quantitative estimate of drug-likeness (QED) is 0.514. The van der Waals surface area contributed by atoms with Gasteiger partial charge in [-0.15, -0.1) is 0 Å². The molecule has 0 saturated carbocycles. The number of hydrogen-bond acceptors (Lipinski definition) is 4. The van der Waals surface area contributed by atoms with Crippen LogP contribution in [0.15, 0.2) is 58.5 Å². The van der Waals surface area contributed by atoms with E-state index in [1.807, 2.05) is 50.5 Å². The molecule has 6 heteroatoms. The largest absolute Gasteiger partial charge is 0.309 e. The van der Waals surface area contributed by atoms with Gasteiger partial charge in [-0.3, -0.25) is 9.36 Å². The van der Waals surface area contributed by atoms with E-state index in [4.69, 9.17) is 16.6 Å². The SMILES string of the molecule is CN(C)CCSc1nc2ccccc2c(=O)n1-c1ccccc1Cl. The van der Waals surface area contributed by atoms with Crippen molar-refractivity contribution in [2.75, 3.05) is 26.4 Å². The Morgan fingerprint density at radius 3 is 2.58 bits per heavy atom. The van der Waals surface area contributed by atoms with Crippen LogP contribution in [-0.2, 0) is 0 Å². The van der Waals surface area contributed by atoms with Crippen LogP contribution in [0.1, 0.15) is 0 Å². The van der Waals surface area contributed by atoms with Crippen molar-refractivity contribution in [1.29, 1.82) is 0 Å². The minimum absolute atomic E-state index is 0.0962. The molecule has 0 unspecified atom stereocenters. The van der Waals surface area contributed by atoms with Crippen LogP contribution in [0.4, 0.5) is 0 Å². The van der Waals surface area contributed by atoms with Crippen LogP contribution >= 0.6 is 23.4 Å². The average Bonchev–Trinajstić information content (AvgIpc) is 2.56. The number of nitrogens with zero attached hydrogens (tertiary/aromatic N) is 3. The molecular formula is C18H18ClN3OS. The smallest absolute Gasteiger partial charge is 0.266 e. The standard InChI is InChI=1S/C18H18ClN3OS/c1-21(2)11-12-24-18-20-15-9-5-3-7-13(15)17(23)22(18)16-10-6-4-8-14(16)19/h3-10H,11-12H2,1-2H3. The van der Waals surface area contributed by atoms with Crippen LogP contribution in [0, 0.1) is 0 Å². The second-order valence-electron chi connectivity index (χ2n) is 5.66. The number of rotatable bonds is 5. The summed E-state index contributed by atoms with van der Waals surface area (Å²) in [5, 5.41) is 1.79. The van der Waals surface area contributed by atoms with E-state index >= 15 is 0 Å². The molecule has 0 aliphatic heterocycles. The summed E-state index contributed by atoms with van der Waals surface area (Å²) in [6.07, 6.45) is 0. The van der Waals surface area contributed by atoms with Gasteiger partial charge in [0.25, 0.3) is 5.56 Å². The third kappa shape index (κ3) is 3.48. The first kappa shape index (κ1) is 17.0. The summed E-state index contributed by atoms with van der Waals surface area (Å²) in [6.45, 7) is 0.899. The van der Waals surface area contributed by atoms with Gasteiger partial charge in [0, 0.05) is 12.3 Å². The summed E-state index contributed by atoms with van der Waals surface area (Å²) in [5.74, 6) is 0.836. The Labute approximate surface area is 150 Å². The van der Waals surface area contributed by atoms with Gasteiger partial charge in [0.05, 0.1) is 21.6 Å². The molecule has 0 amide bonds. The molecule has 0 saturated heterocycles. The van der Waals surface area contributed by atoms with Crippen molar-refractivity contribution in [1.82, 2.24) is 14.5 Å². The predicted molar refractivity (Wildman–Crippen MR) is 102 cm³/mol. The summed E-state index contributed by atoms with van der Waals surface area (Å²) in [6, 6.07) is 14.8. The van der Waals surface area contributed by atoms with Gasteiger partial charge in [-0.2, -0.15) is 0 Å². The van der Waals surface area contributed by atoms with Crippen molar-refractivity contribution in [2.45, 2.75) is 5.16 Å². The maximum Gasteiger partial charge on any atom is 0.266 e. The Bertz CT molecular complexity index is 924. The molecule has 4 nitrogen and oxygen atoms in total. The molecule has 1 aromatic heterocycles. The van der Waals surface area contributed by atoms with E-state index in [0.29, 0.717) is 26.8 Å². The number of thioether (sulfide) groups is 1. The van der Waals surface area contributed by atoms with Gasteiger partial charge in [0.2, 0.25) is 0 Å². The van der Waals surface area contributed by atoms with Crippen LogP contribution in [0.2, 0.25) is 5.02 Å². The molecule has 1 heterocycles. The van der Waals surface area contributed by atoms with Crippen molar-refractivity contribution in [3.63, 3.8) is 0 Å². The van der Waals surface area contributed by atoms with Gasteiger partial charge in [0.15, 0.2) is 5.16 Å². The van der Waals surface area contributed by atoms with E-state index in [9.17, 15) is 4.79 Å². The number of halogens is 1. The zero-order valence-electron chi connectivity index (χ0n) is 13.6. The van der Waals surface area contributed by atoms with Crippen LogP contribution < -0.4 is 5.56 Å². The molecule has 0 bridgehead atoms. The molecular weight excluding hydrogens is 342 g/mol. The molecule has 0 spiro atoms. The van der Waals surface area contributed by atoms with Gasteiger partial charge in [-0.05, 0) is 38.4 Å². The molecule has 3 aromatic rings. The van der Waals surface area contributed by atoms with Gasteiger partial charge in [-0.25, -0.2) is 4.98 Å². The molecule has 0 radical (unpaired) electrons. The summed E-state index contributed by atoms with van der Waals surface area (Å²) in [5.41, 5.74) is 1.27. The van der Waals surface area contributed by atoms with Crippen LogP contribution in [0.25, 0.3) is 16.6 Å². The lowest BCUT2D eigenvalue weighted by Gasteiger charge is -2.15. The van der Waals surface area contributed by atoms with Crippen LogP contribution in [0.5, 0.6) is 0 Å². The predicted octanol–water partition coefficient (Wildman–Crippen LogP) is 3.69. The van der Waals surface area contributed by atoms with Gasteiger partial charge < -0.3 is 4.90 Å². The lowest BCUT2D eigenvalue weighted by Crippen LogP contribution is -2.23. The summed E-state index contributed by atoms with van der Waals surface area (Å²) in [4.78, 5) is 19.8. The van der Waals surface area contributed by atoms with Gasteiger partial charge >= 0.3 is 0 Å². The lowest BCUT2D eigenvalue weighted by atomic mass is 10.2. The Balaban J connectivity index is 2.18. The Morgan fingerprint density at radius 2 is 1.83 bits per heavy atom. The van der Waals surface area contributed by atoms with Crippen molar-refractivity contribution >= 4 is 34.3 Å². The zero-order chi connectivity index (χ0) is 17.1. The molecule has 0 aliphatic rings. The fourth-order valence-electron chi connectivity index (χ4n) is 2.37. The summed E-state index contributed by atoms with van der Waals surface area (Å²) >= 11 is 7.89. The third-order valence-corrected chi connectivity index (χ3v) is 4.85. The van der Waals surface area contributed by atoms with Crippen molar-refractivity contribution in [2.24, 2.45) is 0 Å². The number of fused-ring (bicyclic) bond motifs is 1. The number of aromatic nitrogens is 2. The van der Waals surface area contributed by atoms with E-state index in [1.165, 1.54) is 0 Å². The average molecular weight is 360 g/mol. The molecule has 3 rings (SSSR count). The van der Waals surface area contributed by atoms with E-state index < -0.39 is 0 Å². The van der Waals surface area contributed by atoms with Gasteiger partial charge in [0.1, 0.15) is 0 Å². The second-order valence-corrected chi connectivity index (χ2v) is 7.12. The molecule has 0 aliphatic carbocycles. The topological polar surface area (TPSA) is 38.1 Å². The minimum atomic E-state index is -0.0962. The molecule has 24 heavy (non-hydrogen) atoms. The minimum Gasteiger partial charge on any atom is -0.309 e. The van der Waals surface area contributed by atoms with E-state index in [0.717, 1.165) is 12.3 Å². The molecule has 0 N–H and O–H groups in total. The first-order valence-corrected chi connectivity index (χ1v) is 8.98. The highest BCUT2D eigenvalue weighted by Crippen LogP contribution is 2.25. The Kier molecular flexibility index (Phi) is 5.23. The first-order chi connectivity index (χ1) is 11.6. The fourth-order valence-corrected chi connectivity index (χ4v) is 3.71. The fraction of sp³-hybridized carbons (Fsp3) is 0.222. The maximum atomic E-state index is 13.0. The number of hydrogen-bond donors (Lipinski definition) is 0. The number of benzene rings is 2. The van der Waals surface area contributed by atoms with Crippen molar-refractivity contribution in [3.8, 4) is 5.69 Å². The van der Waals surface area contributed by atoms with Crippen LogP contribution in [0.3, 0.4) is 0 Å². The molecule has 2 aromatic carbocycles. The molecule has 0 fully saturated rings. The van der Waals surface area contributed by atoms with Crippen LogP contribution in [-0.4, -0.2) is 40.8 Å². The Morgan fingerprint density at radius 1 is 1.12 bits per heavy atom. The lowest BCUT2D eigenvalue weighted by molar-refractivity contribution is 0.437. The van der Waals surface area contributed by atoms with Crippen molar-refractivity contribution < 1.29 is 0 Å². The van der Waals surface area contributed by atoms with Crippen molar-refractivity contribution in [3.05, 3.63) is 63.9 Å². The first-order valence-electron chi connectivity index (χ1n) is 7.62. The molecule has 124 valence electrons. The molecule has 0 atom stereocenters. The van der Waals surface area contributed by atoms with E-state index in [2.05, 4.69) is 4.90 Å². The summed E-state index contributed by atoms with van der Waals surface area (Å²) in [7, 11) is 4.05.